The first-order valence-electron chi connectivity index (χ1n) is 3.62. The number of rotatable bonds is 3. The highest BCUT2D eigenvalue weighted by Gasteiger charge is 2.00. The van der Waals surface area contributed by atoms with Crippen LogP contribution < -0.4 is 0 Å². The van der Waals surface area contributed by atoms with E-state index in [1.807, 2.05) is 10.9 Å². The fourth-order valence-electron chi connectivity index (χ4n) is 0.808. The molecule has 0 aliphatic carbocycles. The summed E-state index contributed by atoms with van der Waals surface area (Å²) in [5, 5.41) is 4.30. The largest absolute Gasteiger partial charge is 0.271 e. The van der Waals surface area contributed by atoms with E-state index in [0.717, 1.165) is 14.7 Å². The lowest BCUT2D eigenvalue weighted by atomic mass is 10.3. The first kappa shape index (κ1) is 9.51. The Morgan fingerprint density at radius 1 is 1.73 bits per heavy atom. The lowest BCUT2D eigenvalue weighted by Crippen LogP contribution is -1.97. The lowest BCUT2D eigenvalue weighted by Gasteiger charge is -1.96. The van der Waals surface area contributed by atoms with Crippen LogP contribution in [0, 0.1) is 3.70 Å². The molecule has 0 spiro atoms. The van der Waals surface area contributed by atoms with Gasteiger partial charge in [-0.25, -0.2) is 0 Å². The maximum absolute atomic E-state index is 4.30. The van der Waals surface area contributed by atoms with E-state index in [2.05, 4.69) is 50.5 Å². The van der Waals surface area contributed by atoms with Gasteiger partial charge in [-0.1, -0.05) is 13.3 Å². The van der Waals surface area contributed by atoms with E-state index in [-0.39, 0.29) is 0 Å². The van der Waals surface area contributed by atoms with Gasteiger partial charge in [0.2, 0.25) is 0 Å². The van der Waals surface area contributed by atoms with Crippen LogP contribution in [0.2, 0.25) is 0 Å². The molecule has 0 N–H and O–H groups in total. The van der Waals surface area contributed by atoms with E-state index in [9.17, 15) is 0 Å². The Morgan fingerprint density at radius 3 is 2.91 bits per heavy atom. The number of nitrogens with zero attached hydrogens (tertiary/aromatic N) is 2. The van der Waals surface area contributed by atoms with Crippen molar-refractivity contribution in [2.75, 3.05) is 0 Å². The molecule has 1 aromatic rings. The molecule has 0 bridgehead atoms. The van der Waals surface area contributed by atoms with E-state index >= 15 is 0 Å². The number of hydrogen-bond acceptors (Lipinski definition) is 1. The van der Waals surface area contributed by atoms with Crippen molar-refractivity contribution in [1.29, 1.82) is 0 Å². The Balaban J connectivity index is 2.58. The number of halogens is 2. The molecule has 2 nitrogen and oxygen atoms in total. The van der Waals surface area contributed by atoms with Gasteiger partial charge < -0.3 is 0 Å². The summed E-state index contributed by atoms with van der Waals surface area (Å²) in [6, 6.07) is 0. The van der Waals surface area contributed by atoms with Crippen LogP contribution in [0.5, 0.6) is 0 Å². The highest BCUT2D eigenvalue weighted by molar-refractivity contribution is 14.1. The molecule has 0 saturated carbocycles. The highest BCUT2D eigenvalue weighted by Crippen LogP contribution is 2.16. The zero-order chi connectivity index (χ0) is 8.27. The third-order valence-electron chi connectivity index (χ3n) is 1.42. The lowest BCUT2D eigenvalue weighted by molar-refractivity contribution is 0.569. The van der Waals surface area contributed by atoms with Gasteiger partial charge in [-0.3, -0.25) is 4.68 Å². The fourth-order valence-corrected chi connectivity index (χ4v) is 1.54. The average Bonchev–Trinajstić information content (AvgIpc) is 2.28. The van der Waals surface area contributed by atoms with Crippen LogP contribution in [-0.2, 0) is 6.54 Å². The molecule has 0 aliphatic heterocycles. The Kier molecular flexibility index (Phi) is 3.84. The van der Waals surface area contributed by atoms with Crippen LogP contribution in [-0.4, -0.2) is 9.78 Å². The average molecular weight is 329 g/mol. The summed E-state index contributed by atoms with van der Waals surface area (Å²) >= 11 is 5.64. The van der Waals surface area contributed by atoms with Crippen molar-refractivity contribution < 1.29 is 0 Å². The zero-order valence-corrected chi connectivity index (χ0v) is 10.1. The zero-order valence-electron chi connectivity index (χ0n) is 6.35. The molecule has 1 heterocycles. The van der Waals surface area contributed by atoms with Crippen molar-refractivity contribution in [2.24, 2.45) is 0 Å². The second kappa shape index (κ2) is 4.45. The quantitative estimate of drug-likeness (QED) is 0.780. The SMILES string of the molecule is CCCCn1cc(Br)c(I)n1. The summed E-state index contributed by atoms with van der Waals surface area (Å²) in [7, 11) is 0. The molecule has 0 amide bonds. The molecule has 0 aromatic carbocycles. The van der Waals surface area contributed by atoms with Crippen molar-refractivity contribution in [3.63, 3.8) is 0 Å². The monoisotopic (exact) mass is 328 g/mol. The molecule has 1 rings (SSSR count). The number of aromatic nitrogens is 2. The molecule has 0 radical (unpaired) electrons. The van der Waals surface area contributed by atoms with E-state index in [1.165, 1.54) is 12.8 Å². The van der Waals surface area contributed by atoms with Crippen LogP contribution in [0.4, 0.5) is 0 Å². The van der Waals surface area contributed by atoms with E-state index in [4.69, 9.17) is 0 Å². The van der Waals surface area contributed by atoms with Crippen LogP contribution in [0.3, 0.4) is 0 Å². The molecule has 0 fully saturated rings. The minimum absolute atomic E-state index is 1.03. The van der Waals surface area contributed by atoms with E-state index in [1.54, 1.807) is 0 Å². The Hall–Kier alpha value is 0.420. The van der Waals surface area contributed by atoms with Crippen LogP contribution in [0.25, 0.3) is 0 Å². The summed E-state index contributed by atoms with van der Waals surface area (Å²) in [6.07, 6.45) is 4.44. The maximum atomic E-state index is 4.30. The predicted octanol–water partition coefficient (Wildman–Crippen LogP) is 3.05. The van der Waals surface area contributed by atoms with Gasteiger partial charge in [-0.2, -0.15) is 5.10 Å². The third kappa shape index (κ3) is 2.74. The molecule has 0 unspecified atom stereocenters. The third-order valence-corrected chi connectivity index (χ3v) is 3.53. The molecule has 11 heavy (non-hydrogen) atoms. The van der Waals surface area contributed by atoms with E-state index < -0.39 is 0 Å². The summed E-state index contributed by atoms with van der Waals surface area (Å²) in [4.78, 5) is 0. The van der Waals surface area contributed by atoms with Crippen molar-refractivity contribution in [2.45, 2.75) is 26.3 Å². The van der Waals surface area contributed by atoms with E-state index in [0.29, 0.717) is 0 Å². The summed E-state index contributed by atoms with van der Waals surface area (Å²) in [5.74, 6) is 0. The smallest absolute Gasteiger partial charge is 0.137 e. The van der Waals surface area contributed by atoms with Crippen LogP contribution in [0.1, 0.15) is 19.8 Å². The predicted molar refractivity (Wildman–Crippen MR) is 57.6 cm³/mol. The first-order chi connectivity index (χ1) is 5.24. The van der Waals surface area contributed by atoms with Gasteiger partial charge in [0, 0.05) is 12.7 Å². The second-order valence-electron chi connectivity index (χ2n) is 2.38. The second-order valence-corrected chi connectivity index (χ2v) is 4.26. The first-order valence-corrected chi connectivity index (χ1v) is 5.49. The molecule has 1 aromatic heterocycles. The van der Waals surface area contributed by atoms with Crippen molar-refractivity contribution in [3.05, 3.63) is 14.4 Å². The van der Waals surface area contributed by atoms with Crippen molar-refractivity contribution in [1.82, 2.24) is 9.78 Å². The summed E-state index contributed by atoms with van der Waals surface area (Å²) in [6.45, 7) is 3.21. The van der Waals surface area contributed by atoms with Crippen molar-refractivity contribution >= 4 is 38.5 Å². The normalized spacial score (nSPS) is 10.5. The Bertz CT molecular complexity index is 215. The maximum Gasteiger partial charge on any atom is 0.137 e. The molecular formula is C7H10BrIN2. The van der Waals surface area contributed by atoms with Gasteiger partial charge in [0.15, 0.2) is 0 Å². The molecule has 0 saturated heterocycles. The van der Waals surface area contributed by atoms with Gasteiger partial charge in [-0.15, -0.1) is 0 Å². The van der Waals surface area contributed by atoms with Gasteiger partial charge in [-0.05, 0) is 44.9 Å². The fraction of sp³-hybridized carbons (Fsp3) is 0.571. The Morgan fingerprint density at radius 2 is 2.45 bits per heavy atom. The van der Waals surface area contributed by atoms with Crippen LogP contribution >= 0.6 is 38.5 Å². The van der Waals surface area contributed by atoms with Crippen molar-refractivity contribution in [3.8, 4) is 0 Å². The summed E-state index contributed by atoms with van der Waals surface area (Å²) < 4.78 is 4.11. The minimum Gasteiger partial charge on any atom is -0.271 e. The summed E-state index contributed by atoms with van der Waals surface area (Å²) in [5.41, 5.74) is 0. The minimum atomic E-state index is 1.03. The molecule has 62 valence electrons. The number of unbranched alkanes of at least 4 members (excludes halogenated alkanes) is 1. The Labute approximate surface area is 88.6 Å². The topological polar surface area (TPSA) is 17.8 Å². The van der Waals surface area contributed by atoms with Gasteiger partial charge >= 0.3 is 0 Å². The number of hydrogen-bond donors (Lipinski definition) is 0. The number of aryl methyl sites for hydroxylation is 1. The highest BCUT2D eigenvalue weighted by atomic mass is 127. The van der Waals surface area contributed by atoms with Gasteiger partial charge in [0.25, 0.3) is 0 Å². The van der Waals surface area contributed by atoms with Crippen LogP contribution in [0.15, 0.2) is 10.7 Å². The molecule has 4 heteroatoms. The van der Waals surface area contributed by atoms with Gasteiger partial charge in [0.05, 0.1) is 4.47 Å². The standard InChI is InChI=1S/C7H10BrIN2/c1-2-3-4-11-5-6(8)7(9)10-11/h5H,2-4H2,1H3. The molecule has 0 aliphatic rings. The molecule has 0 atom stereocenters. The molecular weight excluding hydrogens is 319 g/mol. The van der Waals surface area contributed by atoms with Gasteiger partial charge in [0.1, 0.15) is 3.70 Å².